The van der Waals surface area contributed by atoms with Crippen LogP contribution in [0.4, 0.5) is 0 Å². The quantitative estimate of drug-likeness (QED) is 0.180. The van der Waals surface area contributed by atoms with Gasteiger partial charge in [0.05, 0.1) is 15.1 Å². The number of thiophene rings is 1. The van der Waals surface area contributed by atoms with Crippen LogP contribution >= 0.6 is 11.3 Å². The van der Waals surface area contributed by atoms with Crippen molar-refractivity contribution in [2.75, 3.05) is 0 Å². The maximum absolute atomic E-state index is 10.8. The van der Waals surface area contributed by atoms with Gasteiger partial charge in [0.25, 0.3) is 5.70 Å². The van der Waals surface area contributed by atoms with Gasteiger partial charge in [-0.2, -0.15) is 0 Å². The van der Waals surface area contributed by atoms with Crippen LogP contribution in [0.2, 0.25) is 0 Å². The number of aromatic nitrogens is 1. The van der Waals surface area contributed by atoms with E-state index in [2.05, 4.69) is 18.1 Å². The van der Waals surface area contributed by atoms with Gasteiger partial charge in [-0.15, -0.1) is 11.3 Å². The van der Waals surface area contributed by atoms with Crippen LogP contribution in [-0.2, 0) is 0 Å². The topological polar surface area (TPSA) is 65.3 Å². The molecule has 0 spiro atoms. The highest BCUT2D eigenvalue weighted by Crippen LogP contribution is 2.36. The van der Waals surface area contributed by atoms with Crippen molar-refractivity contribution in [2.24, 2.45) is 0 Å². The Morgan fingerprint density at radius 1 is 1.16 bits per heavy atom. The molecule has 0 saturated carbocycles. The second kappa shape index (κ2) is 15.6. The van der Waals surface area contributed by atoms with Crippen molar-refractivity contribution < 1.29 is 9.66 Å². The molecule has 0 atom stereocenters. The van der Waals surface area contributed by atoms with Gasteiger partial charge >= 0.3 is 0 Å². The summed E-state index contributed by atoms with van der Waals surface area (Å²) >= 11 is 1.55. The Hall–Kier alpha value is -3.25. The van der Waals surface area contributed by atoms with Gasteiger partial charge < -0.3 is 4.74 Å². The molecule has 5 nitrogen and oxygen atoms in total. The average Bonchev–Trinajstić information content (AvgIpc) is 3.22. The lowest BCUT2D eigenvalue weighted by Crippen LogP contribution is -1.95. The van der Waals surface area contributed by atoms with Crippen LogP contribution in [0.25, 0.3) is 15.8 Å². The van der Waals surface area contributed by atoms with Gasteiger partial charge in [0.2, 0.25) is 0 Å². The van der Waals surface area contributed by atoms with Gasteiger partial charge in [0.1, 0.15) is 11.5 Å². The zero-order valence-electron chi connectivity index (χ0n) is 19.2. The Bertz CT molecular complexity index is 995. The van der Waals surface area contributed by atoms with E-state index in [0.29, 0.717) is 11.5 Å². The van der Waals surface area contributed by atoms with Crippen molar-refractivity contribution in [1.29, 1.82) is 0 Å². The predicted octanol–water partition coefficient (Wildman–Crippen LogP) is 8.12. The molecule has 0 aliphatic carbocycles. The number of ether oxygens (including phenoxy) is 1. The average molecular weight is 441 g/mol. The van der Waals surface area contributed by atoms with E-state index in [0.717, 1.165) is 20.7 Å². The second-order valence-electron chi connectivity index (χ2n) is 5.42. The number of rotatable bonds is 8. The second-order valence-corrected chi connectivity index (χ2v) is 6.47. The number of hydrogen-bond donors (Lipinski definition) is 0. The fourth-order valence-electron chi connectivity index (χ4n) is 2.20. The number of hydrogen-bond acceptors (Lipinski definition) is 5. The molecule has 0 saturated heterocycles. The molecular weight excluding hydrogens is 408 g/mol. The van der Waals surface area contributed by atoms with E-state index in [4.69, 9.17) is 4.74 Å². The molecule has 0 fully saturated rings. The molecule has 166 valence electrons. The van der Waals surface area contributed by atoms with E-state index < -0.39 is 4.92 Å². The van der Waals surface area contributed by atoms with Crippen molar-refractivity contribution in [3.05, 3.63) is 100 Å². The molecule has 0 bridgehead atoms. The molecule has 0 radical (unpaired) electrons. The smallest absolute Gasteiger partial charge is 0.268 e. The van der Waals surface area contributed by atoms with Gasteiger partial charge in [-0.3, -0.25) is 15.1 Å². The van der Waals surface area contributed by atoms with Crippen LogP contribution in [0.3, 0.4) is 0 Å². The summed E-state index contributed by atoms with van der Waals surface area (Å²) in [5.74, 6) is 1.17. The summed E-state index contributed by atoms with van der Waals surface area (Å²) in [6.45, 7) is 19.0. The lowest BCUT2D eigenvalue weighted by atomic mass is 10.2. The Morgan fingerprint density at radius 3 is 2.39 bits per heavy atom. The number of nitrogens with zero attached hydrogens (tertiary/aromatic N) is 2. The molecule has 31 heavy (non-hydrogen) atoms. The molecule has 0 amide bonds. The lowest BCUT2D eigenvalue weighted by molar-refractivity contribution is -0.418. The highest BCUT2D eigenvalue weighted by atomic mass is 32.1. The predicted molar refractivity (Wildman–Crippen MR) is 135 cm³/mol. The Kier molecular flexibility index (Phi) is 13.9. The standard InChI is InChI=1S/C21H20N2O3S.2C2H6/c1-5-8-9-16(6-2)20-14-18-21(27-20)19(12-13-22-18)26-15(4)10-11-17(7-3)23(24)25;2*1-2/h5-14H,2-3H2,1,4H3;2*1-2H3/b8-5-,15-10+,16-9+,17-11+;;. The fourth-order valence-corrected chi connectivity index (χ4v) is 3.29. The first kappa shape index (κ1) is 27.8. The van der Waals surface area contributed by atoms with Gasteiger partial charge in [0.15, 0.2) is 0 Å². The minimum atomic E-state index is -0.499. The van der Waals surface area contributed by atoms with Crippen LogP contribution in [0, 0.1) is 10.1 Å². The third-order valence-electron chi connectivity index (χ3n) is 3.53. The van der Waals surface area contributed by atoms with Crippen molar-refractivity contribution in [3.8, 4) is 5.75 Å². The third-order valence-corrected chi connectivity index (χ3v) is 4.72. The third kappa shape index (κ3) is 8.56. The maximum Gasteiger partial charge on any atom is 0.268 e. The van der Waals surface area contributed by atoms with Crippen LogP contribution < -0.4 is 4.74 Å². The van der Waals surface area contributed by atoms with Crippen molar-refractivity contribution >= 4 is 27.1 Å². The summed E-state index contributed by atoms with van der Waals surface area (Å²) in [5.41, 5.74) is 1.72. The van der Waals surface area contributed by atoms with Crippen molar-refractivity contribution in [2.45, 2.75) is 41.5 Å². The molecule has 0 aliphatic heterocycles. The Balaban J connectivity index is 0.00000212. The lowest BCUT2D eigenvalue weighted by Gasteiger charge is -2.05. The highest BCUT2D eigenvalue weighted by Gasteiger charge is 2.11. The van der Waals surface area contributed by atoms with E-state index in [9.17, 15) is 10.1 Å². The molecule has 0 unspecified atom stereocenters. The number of nitro groups is 1. The molecule has 6 heteroatoms. The zero-order valence-corrected chi connectivity index (χ0v) is 20.0. The van der Waals surface area contributed by atoms with E-state index in [1.807, 2.05) is 58.9 Å². The Morgan fingerprint density at radius 2 is 1.84 bits per heavy atom. The molecular formula is C25H32N2O3S. The minimum absolute atomic E-state index is 0.0963. The number of pyridine rings is 1. The summed E-state index contributed by atoms with van der Waals surface area (Å²) in [4.78, 5) is 15.7. The molecule has 0 aliphatic rings. The monoisotopic (exact) mass is 440 g/mol. The number of fused-ring (bicyclic) bond motifs is 1. The maximum atomic E-state index is 10.8. The first-order valence-corrected chi connectivity index (χ1v) is 11.0. The largest absolute Gasteiger partial charge is 0.460 e. The first-order valence-electron chi connectivity index (χ1n) is 10.2. The van der Waals surface area contributed by atoms with Crippen molar-refractivity contribution in [1.82, 2.24) is 4.98 Å². The van der Waals surface area contributed by atoms with Crippen molar-refractivity contribution in [3.63, 3.8) is 0 Å². The highest BCUT2D eigenvalue weighted by molar-refractivity contribution is 7.20. The summed E-state index contributed by atoms with van der Waals surface area (Å²) < 4.78 is 6.78. The molecule has 2 aromatic heterocycles. The molecule has 0 aromatic carbocycles. The zero-order chi connectivity index (χ0) is 23.8. The first-order chi connectivity index (χ1) is 15.0. The van der Waals surface area contributed by atoms with Gasteiger partial charge in [-0.05, 0) is 31.6 Å². The number of allylic oxidation sites excluding steroid dienone is 9. The van der Waals surface area contributed by atoms with Crippen LogP contribution in [0.15, 0.2) is 85.5 Å². The molecule has 0 N–H and O–H groups in total. The molecule has 2 aromatic rings. The Labute approximate surface area is 189 Å². The summed E-state index contributed by atoms with van der Waals surface area (Å²) in [5, 5.41) is 10.8. The summed E-state index contributed by atoms with van der Waals surface area (Å²) in [6, 6.07) is 3.76. The van der Waals surface area contributed by atoms with Gasteiger partial charge in [-0.1, -0.05) is 65.2 Å². The minimum Gasteiger partial charge on any atom is -0.460 e. The van der Waals surface area contributed by atoms with Crippen LogP contribution in [0.5, 0.6) is 5.75 Å². The van der Waals surface area contributed by atoms with Gasteiger partial charge in [0, 0.05) is 29.3 Å². The van der Waals surface area contributed by atoms with E-state index >= 15 is 0 Å². The van der Waals surface area contributed by atoms with Crippen LogP contribution in [0.1, 0.15) is 46.4 Å². The van der Waals surface area contributed by atoms with E-state index in [-0.39, 0.29) is 5.70 Å². The van der Waals surface area contributed by atoms with Crippen LogP contribution in [-0.4, -0.2) is 9.91 Å². The molecule has 2 rings (SSSR count). The van der Waals surface area contributed by atoms with E-state index in [1.54, 1.807) is 42.7 Å². The SMILES string of the molecule is C=C/C(=C\C=C/C)c1cc2nccc(O/C(C)=C/C=C(\C=C)[N+](=O)[O-])c2s1.CC.CC. The summed E-state index contributed by atoms with van der Waals surface area (Å²) in [7, 11) is 0. The normalized spacial score (nSPS) is 11.9. The fraction of sp³-hybridized carbons (Fsp3) is 0.240. The van der Waals surface area contributed by atoms with E-state index in [1.165, 1.54) is 12.2 Å². The van der Waals surface area contributed by atoms with Gasteiger partial charge in [-0.25, -0.2) is 0 Å². The summed E-state index contributed by atoms with van der Waals surface area (Å²) in [6.07, 6.45) is 13.5. The molecule has 2 heterocycles.